The van der Waals surface area contributed by atoms with E-state index in [4.69, 9.17) is 9.47 Å². The van der Waals surface area contributed by atoms with Gasteiger partial charge in [-0.05, 0) is 30.7 Å². The van der Waals surface area contributed by atoms with Gasteiger partial charge in [-0.1, -0.05) is 6.07 Å². The first-order chi connectivity index (χ1) is 12.0. The standard InChI is InChI=1S/C18H17FN2O4/c1-24-16-7-5-13(25-12-4-2-3-11(19)9-12)10-15(16)21-18(23)14-6-8-17(22)20-14/h2-5,7,9-10,14H,6,8H2,1H3,(H,20,22)(H,21,23). The van der Waals surface area contributed by atoms with Gasteiger partial charge in [-0.2, -0.15) is 0 Å². The summed E-state index contributed by atoms with van der Waals surface area (Å²) >= 11 is 0. The van der Waals surface area contributed by atoms with Gasteiger partial charge < -0.3 is 20.1 Å². The van der Waals surface area contributed by atoms with Crippen LogP contribution in [-0.2, 0) is 9.59 Å². The Hall–Kier alpha value is -3.09. The molecule has 1 atom stereocenters. The van der Waals surface area contributed by atoms with E-state index in [1.165, 1.54) is 19.2 Å². The highest BCUT2D eigenvalue weighted by Gasteiger charge is 2.27. The Bertz CT molecular complexity index is 809. The molecule has 1 aliphatic rings. The van der Waals surface area contributed by atoms with Crippen molar-refractivity contribution in [3.8, 4) is 17.2 Å². The molecule has 7 heteroatoms. The zero-order chi connectivity index (χ0) is 17.8. The Kier molecular flexibility index (Phi) is 4.83. The Morgan fingerprint density at radius 1 is 1.24 bits per heavy atom. The lowest BCUT2D eigenvalue weighted by atomic mass is 10.2. The van der Waals surface area contributed by atoms with Gasteiger partial charge in [0.25, 0.3) is 0 Å². The van der Waals surface area contributed by atoms with Crippen molar-refractivity contribution in [2.45, 2.75) is 18.9 Å². The van der Waals surface area contributed by atoms with Crippen LogP contribution in [0.15, 0.2) is 42.5 Å². The number of hydrogen-bond acceptors (Lipinski definition) is 4. The summed E-state index contributed by atoms with van der Waals surface area (Å²) in [5, 5.41) is 5.34. The molecule has 0 radical (unpaired) electrons. The minimum absolute atomic E-state index is 0.143. The molecule has 25 heavy (non-hydrogen) atoms. The van der Waals surface area contributed by atoms with E-state index in [1.54, 1.807) is 30.3 Å². The van der Waals surface area contributed by atoms with E-state index < -0.39 is 11.9 Å². The van der Waals surface area contributed by atoms with Gasteiger partial charge in [-0.25, -0.2) is 4.39 Å². The van der Waals surface area contributed by atoms with Crippen molar-refractivity contribution in [3.63, 3.8) is 0 Å². The number of anilines is 1. The number of carbonyl (C=O) groups excluding carboxylic acids is 2. The molecule has 2 N–H and O–H groups in total. The summed E-state index contributed by atoms with van der Waals surface area (Å²) in [5.41, 5.74) is 0.405. The summed E-state index contributed by atoms with van der Waals surface area (Å²) < 4.78 is 24.1. The molecule has 6 nitrogen and oxygen atoms in total. The SMILES string of the molecule is COc1ccc(Oc2cccc(F)c2)cc1NC(=O)C1CCC(=O)N1. The molecule has 1 unspecified atom stereocenters. The van der Waals surface area contributed by atoms with Gasteiger partial charge in [0.05, 0.1) is 12.8 Å². The maximum atomic E-state index is 13.3. The van der Waals surface area contributed by atoms with Gasteiger partial charge in [-0.3, -0.25) is 9.59 Å². The number of amides is 2. The van der Waals surface area contributed by atoms with Gasteiger partial charge in [0, 0.05) is 18.6 Å². The maximum Gasteiger partial charge on any atom is 0.247 e. The third-order valence-electron chi connectivity index (χ3n) is 3.77. The van der Waals surface area contributed by atoms with Crippen molar-refractivity contribution >= 4 is 17.5 Å². The molecule has 0 saturated carbocycles. The fourth-order valence-corrected chi connectivity index (χ4v) is 2.55. The molecule has 0 bridgehead atoms. The van der Waals surface area contributed by atoms with Gasteiger partial charge in [0.1, 0.15) is 29.1 Å². The quantitative estimate of drug-likeness (QED) is 0.874. The molecule has 0 aliphatic carbocycles. The second-order valence-electron chi connectivity index (χ2n) is 5.57. The normalized spacial score (nSPS) is 16.2. The molecule has 1 aliphatic heterocycles. The summed E-state index contributed by atoms with van der Waals surface area (Å²) in [7, 11) is 1.48. The minimum Gasteiger partial charge on any atom is -0.495 e. The Morgan fingerprint density at radius 3 is 2.72 bits per heavy atom. The van der Waals surface area contributed by atoms with Gasteiger partial charge in [0.15, 0.2) is 0 Å². The monoisotopic (exact) mass is 344 g/mol. The largest absolute Gasteiger partial charge is 0.495 e. The van der Waals surface area contributed by atoms with Gasteiger partial charge >= 0.3 is 0 Å². The number of benzene rings is 2. The van der Waals surface area contributed by atoms with Crippen LogP contribution in [-0.4, -0.2) is 25.0 Å². The van der Waals surface area contributed by atoms with Crippen LogP contribution < -0.4 is 20.1 Å². The summed E-state index contributed by atoms with van der Waals surface area (Å²) in [6.07, 6.45) is 0.782. The van der Waals surface area contributed by atoms with Crippen molar-refractivity contribution in [1.82, 2.24) is 5.32 Å². The van der Waals surface area contributed by atoms with E-state index in [1.807, 2.05) is 0 Å². The number of ether oxygens (including phenoxy) is 2. The van der Waals surface area contributed by atoms with Crippen molar-refractivity contribution in [3.05, 3.63) is 48.3 Å². The van der Waals surface area contributed by atoms with Crippen molar-refractivity contribution < 1.29 is 23.5 Å². The van der Waals surface area contributed by atoms with Crippen LogP contribution in [0.5, 0.6) is 17.2 Å². The van der Waals surface area contributed by atoms with Crippen LogP contribution >= 0.6 is 0 Å². The number of rotatable bonds is 5. The van der Waals surface area contributed by atoms with Crippen LogP contribution in [0, 0.1) is 5.82 Å². The van der Waals surface area contributed by atoms with E-state index in [0.29, 0.717) is 35.8 Å². The van der Waals surface area contributed by atoms with Gasteiger partial charge in [0.2, 0.25) is 11.8 Å². The molecule has 3 rings (SSSR count). The lowest BCUT2D eigenvalue weighted by molar-refractivity contribution is -0.122. The average Bonchev–Trinajstić information content (AvgIpc) is 3.02. The highest BCUT2D eigenvalue weighted by molar-refractivity contribution is 6.00. The Morgan fingerprint density at radius 2 is 2.04 bits per heavy atom. The zero-order valence-electron chi connectivity index (χ0n) is 13.5. The third-order valence-corrected chi connectivity index (χ3v) is 3.77. The first-order valence-electron chi connectivity index (χ1n) is 7.77. The zero-order valence-corrected chi connectivity index (χ0v) is 13.5. The summed E-state index contributed by atoms with van der Waals surface area (Å²) in [6.45, 7) is 0. The predicted octanol–water partition coefficient (Wildman–Crippen LogP) is 2.84. The van der Waals surface area contributed by atoms with Crippen LogP contribution in [0.2, 0.25) is 0 Å². The molecular weight excluding hydrogens is 327 g/mol. The molecule has 2 aromatic carbocycles. The molecule has 2 amide bonds. The number of hydrogen-bond donors (Lipinski definition) is 2. The van der Waals surface area contributed by atoms with E-state index in [9.17, 15) is 14.0 Å². The van der Waals surface area contributed by atoms with Crippen molar-refractivity contribution in [2.75, 3.05) is 12.4 Å². The highest BCUT2D eigenvalue weighted by atomic mass is 19.1. The molecular formula is C18H17FN2O4. The van der Waals surface area contributed by atoms with Crippen LogP contribution in [0.25, 0.3) is 0 Å². The number of methoxy groups -OCH3 is 1. The second kappa shape index (κ2) is 7.21. The molecule has 1 heterocycles. The first-order valence-corrected chi connectivity index (χ1v) is 7.77. The smallest absolute Gasteiger partial charge is 0.247 e. The van der Waals surface area contributed by atoms with Crippen molar-refractivity contribution in [2.24, 2.45) is 0 Å². The van der Waals surface area contributed by atoms with Gasteiger partial charge in [-0.15, -0.1) is 0 Å². The van der Waals surface area contributed by atoms with Crippen LogP contribution in [0.4, 0.5) is 10.1 Å². The molecule has 2 aromatic rings. The third kappa shape index (κ3) is 4.06. The first kappa shape index (κ1) is 16.8. The molecule has 0 spiro atoms. The molecule has 0 aromatic heterocycles. The Balaban J connectivity index is 1.77. The highest BCUT2D eigenvalue weighted by Crippen LogP contribution is 2.32. The summed E-state index contributed by atoms with van der Waals surface area (Å²) in [5.74, 6) is 0.325. The minimum atomic E-state index is -0.565. The van der Waals surface area contributed by atoms with Crippen molar-refractivity contribution in [1.29, 1.82) is 0 Å². The van der Waals surface area contributed by atoms with Crippen LogP contribution in [0.1, 0.15) is 12.8 Å². The van der Waals surface area contributed by atoms with E-state index in [-0.39, 0.29) is 11.8 Å². The average molecular weight is 344 g/mol. The van der Waals surface area contributed by atoms with E-state index >= 15 is 0 Å². The summed E-state index contributed by atoms with van der Waals surface area (Å²) in [6, 6.07) is 10.1. The lowest BCUT2D eigenvalue weighted by Crippen LogP contribution is -2.37. The number of nitrogens with one attached hydrogen (secondary N) is 2. The topological polar surface area (TPSA) is 76.7 Å². The second-order valence-corrected chi connectivity index (χ2v) is 5.57. The van der Waals surface area contributed by atoms with E-state index in [2.05, 4.69) is 10.6 Å². The maximum absolute atomic E-state index is 13.3. The molecule has 1 saturated heterocycles. The Labute approximate surface area is 143 Å². The lowest BCUT2D eigenvalue weighted by Gasteiger charge is -2.15. The number of halogens is 1. The van der Waals surface area contributed by atoms with E-state index in [0.717, 1.165) is 0 Å². The fourth-order valence-electron chi connectivity index (χ4n) is 2.55. The summed E-state index contributed by atoms with van der Waals surface area (Å²) in [4.78, 5) is 23.5. The molecule has 130 valence electrons. The fraction of sp³-hybridized carbons (Fsp3) is 0.222. The number of carbonyl (C=O) groups is 2. The molecule has 1 fully saturated rings. The van der Waals surface area contributed by atoms with Crippen LogP contribution in [0.3, 0.4) is 0 Å². The predicted molar refractivity (Wildman–Crippen MR) is 89.3 cm³/mol.